The van der Waals surface area contributed by atoms with E-state index in [1.807, 2.05) is 6.07 Å². The maximum atomic E-state index is 13.4. The summed E-state index contributed by atoms with van der Waals surface area (Å²) in [5, 5.41) is 3.18. The van der Waals surface area contributed by atoms with Crippen LogP contribution >= 0.6 is 0 Å². The van der Waals surface area contributed by atoms with Crippen molar-refractivity contribution in [2.24, 2.45) is 11.1 Å². The topological polar surface area (TPSA) is 67.6 Å². The van der Waals surface area contributed by atoms with Crippen LogP contribution in [0.4, 0.5) is 10.1 Å². The molecule has 2 aliphatic heterocycles. The number of benzene rings is 1. The van der Waals surface area contributed by atoms with Crippen LogP contribution in [-0.4, -0.2) is 44.8 Å². The number of piperidine rings is 1. The fourth-order valence-electron chi connectivity index (χ4n) is 3.63. The van der Waals surface area contributed by atoms with E-state index in [1.165, 1.54) is 6.07 Å². The van der Waals surface area contributed by atoms with Gasteiger partial charge in [0, 0.05) is 44.6 Å². The molecule has 24 heavy (non-hydrogen) atoms. The maximum absolute atomic E-state index is 13.4. The molecule has 0 aromatic heterocycles. The third-order valence-corrected chi connectivity index (χ3v) is 5.25. The average Bonchev–Trinajstić information content (AvgIpc) is 2.62. The highest BCUT2D eigenvalue weighted by Gasteiger charge is 2.39. The van der Waals surface area contributed by atoms with Gasteiger partial charge < -0.3 is 20.7 Å². The van der Waals surface area contributed by atoms with Crippen LogP contribution in [0, 0.1) is 11.2 Å². The Morgan fingerprint density at radius 2 is 2.21 bits per heavy atom. The van der Waals surface area contributed by atoms with E-state index in [1.54, 1.807) is 12.1 Å². The van der Waals surface area contributed by atoms with Crippen LogP contribution in [0.15, 0.2) is 24.3 Å². The quantitative estimate of drug-likeness (QED) is 0.878. The summed E-state index contributed by atoms with van der Waals surface area (Å²) in [5.74, 6) is -0.192. The molecule has 3 N–H and O–H groups in total. The third-order valence-electron chi connectivity index (χ3n) is 5.25. The molecule has 2 aliphatic rings. The maximum Gasteiger partial charge on any atom is 0.227 e. The van der Waals surface area contributed by atoms with Gasteiger partial charge in [-0.1, -0.05) is 6.07 Å². The van der Waals surface area contributed by atoms with Crippen molar-refractivity contribution >= 4 is 11.6 Å². The second-order valence-corrected chi connectivity index (χ2v) is 6.84. The van der Waals surface area contributed by atoms with Gasteiger partial charge in [0.2, 0.25) is 5.91 Å². The van der Waals surface area contributed by atoms with E-state index in [0.29, 0.717) is 39.1 Å². The Bertz CT molecular complexity index is 575. The molecule has 0 saturated carbocycles. The number of nitrogens with one attached hydrogen (secondary N) is 1. The molecule has 2 heterocycles. The lowest BCUT2D eigenvalue weighted by Crippen LogP contribution is -2.55. The van der Waals surface area contributed by atoms with Crippen molar-refractivity contribution in [3.8, 4) is 0 Å². The molecule has 1 unspecified atom stereocenters. The number of rotatable bonds is 4. The number of nitrogens with zero attached hydrogens (tertiary/aromatic N) is 1. The van der Waals surface area contributed by atoms with Crippen molar-refractivity contribution in [3.63, 3.8) is 0 Å². The largest absolute Gasteiger partial charge is 0.381 e. The Hall–Kier alpha value is -1.66. The molecule has 1 aromatic carbocycles. The number of carbonyl (C=O) groups is 1. The molecular formula is C18H26FN3O2. The lowest BCUT2D eigenvalue weighted by Gasteiger charge is -2.39. The summed E-state index contributed by atoms with van der Waals surface area (Å²) in [7, 11) is 0. The minimum atomic E-state index is -0.501. The Morgan fingerprint density at radius 3 is 2.92 bits per heavy atom. The molecule has 2 saturated heterocycles. The molecule has 0 radical (unpaired) electrons. The number of nitrogens with two attached hydrogens (primary N) is 1. The summed E-state index contributed by atoms with van der Waals surface area (Å²) in [5.41, 5.74) is 6.28. The highest BCUT2D eigenvalue weighted by molar-refractivity contribution is 5.83. The van der Waals surface area contributed by atoms with Crippen molar-refractivity contribution in [1.29, 1.82) is 0 Å². The standard InChI is InChI=1S/C18H26FN3O2/c19-14-3-1-5-16(11-14)22-8-2-4-15(12-22)21-17(23)18(13-20)6-9-24-10-7-18/h1,3,5,11,15H,2,4,6-10,12-13,20H2,(H,21,23). The highest BCUT2D eigenvalue weighted by Crippen LogP contribution is 2.30. The molecule has 0 bridgehead atoms. The fourth-order valence-corrected chi connectivity index (χ4v) is 3.63. The van der Waals surface area contributed by atoms with E-state index in [9.17, 15) is 9.18 Å². The van der Waals surface area contributed by atoms with Crippen molar-refractivity contribution in [2.75, 3.05) is 37.7 Å². The monoisotopic (exact) mass is 335 g/mol. The minimum Gasteiger partial charge on any atom is -0.381 e. The Balaban J connectivity index is 1.63. The first-order valence-corrected chi connectivity index (χ1v) is 8.72. The van der Waals surface area contributed by atoms with Gasteiger partial charge in [-0.25, -0.2) is 4.39 Å². The smallest absolute Gasteiger partial charge is 0.227 e. The molecule has 132 valence electrons. The summed E-state index contributed by atoms with van der Waals surface area (Å²) in [6.07, 6.45) is 3.26. The van der Waals surface area contributed by atoms with Gasteiger partial charge in [0.15, 0.2) is 0 Å². The lowest BCUT2D eigenvalue weighted by molar-refractivity contribution is -0.136. The van der Waals surface area contributed by atoms with E-state index in [4.69, 9.17) is 10.5 Å². The molecule has 1 aromatic rings. The summed E-state index contributed by atoms with van der Waals surface area (Å²) >= 11 is 0. The summed E-state index contributed by atoms with van der Waals surface area (Å²) in [6.45, 7) is 3.11. The number of halogens is 1. The van der Waals surface area contributed by atoms with Gasteiger partial charge in [-0.2, -0.15) is 0 Å². The van der Waals surface area contributed by atoms with Gasteiger partial charge >= 0.3 is 0 Å². The van der Waals surface area contributed by atoms with Crippen LogP contribution in [-0.2, 0) is 9.53 Å². The van der Waals surface area contributed by atoms with E-state index < -0.39 is 5.41 Å². The number of hydrogen-bond donors (Lipinski definition) is 2. The molecule has 0 aliphatic carbocycles. The molecule has 6 heteroatoms. The van der Waals surface area contributed by atoms with E-state index in [0.717, 1.165) is 25.1 Å². The SMILES string of the molecule is NCC1(C(=O)NC2CCCN(c3cccc(F)c3)C2)CCOCC1. The second-order valence-electron chi connectivity index (χ2n) is 6.84. The predicted molar refractivity (Wildman–Crippen MR) is 91.3 cm³/mol. The number of ether oxygens (including phenoxy) is 1. The Labute approximate surface area is 142 Å². The van der Waals surface area contributed by atoms with Crippen molar-refractivity contribution in [3.05, 3.63) is 30.1 Å². The van der Waals surface area contributed by atoms with E-state index in [2.05, 4.69) is 10.2 Å². The lowest BCUT2D eigenvalue weighted by atomic mass is 9.79. The molecule has 3 rings (SSSR count). The first kappa shape index (κ1) is 17.2. The van der Waals surface area contributed by atoms with Gasteiger partial charge in [-0.15, -0.1) is 0 Å². The van der Waals surface area contributed by atoms with Crippen LogP contribution < -0.4 is 16.0 Å². The van der Waals surface area contributed by atoms with Crippen molar-refractivity contribution in [1.82, 2.24) is 5.32 Å². The Kier molecular flexibility index (Phi) is 5.36. The summed E-state index contributed by atoms with van der Waals surface area (Å²) in [4.78, 5) is 14.9. The van der Waals surface area contributed by atoms with Crippen LogP contribution in [0.1, 0.15) is 25.7 Å². The fraction of sp³-hybridized carbons (Fsp3) is 0.611. The zero-order valence-corrected chi connectivity index (χ0v) is 14.0. The minimum absolute atomic E-state index is 0.0411. The zero-order chi connectivity index (χ0) is 17.0. The zero-order valence-electron chi connectivity index (χ0n) is 14.0. The number of carbonyl (C=O) groups excluding carboxylic acids is 1. The predicted octanol–water partition coefficient (Wildman–Crippen LogP) is 1.67. The summed E-state index contributed by atoms with van der Waals surface area (Å²) < 4.78 is 18.8. The number of anilines is 1. The molecule has 2 fully saturated rings. The summed E-state index contributed by atoms with van der Waals surface area (Å²) in [6, 6.07) is 6.69. The number of amides is 1. The van der Waals surface area contributed by atoms with Crippen LogP contribution in [0.25, 0.3) is 0 Å². The molecule has 5 nitrogen and oxygen atoms in total. The first-order valence-electron chi connectivity index (χ1n) is 8.72. The highest BCUT2D eigenvalue weighted by atomic mass is 19.1. The molecule has 0 spiro atoms. The van der Waals surface area contributed by atoms with Crippen LogP contribution in [0.5, 0.6) is 0 Å². The molecular weight excluding hydrogens is 309 g/mol. The third kappa shape index (κ3) is 3.70. The van der Waals surface area contributed by atoms with E-state index in [-0.39, 0.29) is 17.8 Å². The number of hydrogen-bond acceptors (Lipinski definition) is 4. The van der Waals surface area contributed by atoms with Crippen LogP contribution in [0.2, 0.25) is 0 Å². The average molecular weight is 335 g/mol. The van der Waals surface area contributed by atoms with E-state index >= 15 is 0 Å². The molecule has 1 amide bonds. The Morgan fingerprint density at radius 1 is 1.42 bits per heavy atom. The molecule has 1 atom stereocenters. The second kappa shape index (κ2) is 7.49. The first-order chi connectivity index (χ1) is 11.6. The van der Waals surface area contributed by atoms with Gasteiger partial charge in [-0.05, 0) is 43.9 Å². The van der Waals surface area contributed by atoms with Gasteiger partial charge in [0.25, 0.3) is 0 Å². The normalized spacial score (nSPS) is 23.8. The van der Waals surface area contributed by atoms with Gasteiger partial charge in [-0.3, -0.25) is 4.79 Å². The van der Waals surface area contributed by atoms with Gasteiger partial charge in [0.1, 0.15) is 5.82 Å². The van der Waals surface area contributed by atoms with Crippen molar-refractivity contribution < 1.29 is 13.9 Å². The van der Waals surface area contributed by atoms with Crippen LogP contribution in [0.3, 0.4) is 0 Å². The van der Waals surface area contributed by atoms with Crippen molar-refractivity contribution in [2.45, 2.75) is 31.7 Å². The van der Waals surface area contributed by atoms with Gasteiger partial charge in [0.05, 0.1) is 5.41 Å².